The molecule has 1 aliphatic rings. The second-order valence-corrected chi connectivity index (χ2v) is 6.52. The van der Waals surface area contributed by atoms with Crippen molar-refractivity contribution in [3.63, 3.8) is 0 Å². The zero-order chi connectivity index (χ0) is 15.2. The molecule has 1 fully saturated rings. The summed E-state index contributed by atoms with van der Waals surface area (Å²) in [6, 6.07) is 5.85. The Hall–Kier alpha value is -1.22. The molecule has 1 unspecified atom stereocenters. The van der Waals surface area contributed by atoms with Crippen LogP contribution in [0.5, 0.6) is 11.5 Å². The Morgan fingerprint density at radius 3 is 2.67 bits per heavy atom. The van der Waals surface area contributed by atoms with E-state index in [-0.39, 0.29) is 11.8 Å². The summed E-state index contributed by atoms with van der Waals surface area (Å²) in [5.74, 6) is 2.57. The summed E-state index contributed by atoms with van der Waals surface area (Å²) in [6.07, 6.45) is 6.85. The van der Waals surface area contributed by atoms with Gasteiger partial charge in [0.05, 0.1) is 7.11 Å². The second kappa shape index (κ2) is 7.69. The molecule has 0 aromatic heterocycles. The molecule has 118 valence electrons. The van der Waals surface area contributed by atoms with Gasteiger partial charge in [-0.15, -0.1) is 0 Å². The van der Waals surface area contributed by atoms with Crippen molar-refractivity contribution in [2.75, 3.05) is 13.7 Å². The number of methoxy groups -OCH3 is 1. The first-order valence-electron chi connectivity index (χ1n) is 8.20. The van der Waals surface area contributed by atoms with Crippen molar-refractivity contribution in [2.24, 2.45) is 11.8 Å². The molecule has 21 heavy (non-hydrogen) atoms. The van der Waals surface area contributed by atoms with Crippen LogP contribution in [0.2, 0.25) is 0 Å². The average molecular weight is 291 g/mol. The molecule has 0 aliphatic heterocycles. The van der Waals surface area contributed by atoms with E-state index >= 15 is 0 Å². The Balaban J connectivity index is 1.78. The van der Waals surface area contributed by atoms with Crippen molar-refractivity contribution < 1.29 is 9.84 Å². The number of phenols is 1. The standard InChI is InChI=1S/C18H29NO2/c1-13-4-6-15(7-5-13)10-11-19-14(2)16-8-9-17(20)18(12-16)21-3/h8-9,12-15,19-20H,4-7,10-11H2,1-3H3. The van der Waals surface area contributed by atoms with Gasteiger partial charge in [0.2, 0.25) is 0 Å². The number of ether oxygens (including phenoxy) is 1. The number of aromatic hydroxyl groups is 1. The number of hydrogen-bond acceptors (Lipinski definition) is 3. The Morgan fingerprint density at radius 1 is 1.29 bits per heavy atom. The van der Waals surface area contributed by atoms with E-state index in [2.05, 4.69) is 19.2 Å². The van der Waals surface area contributed by atoms with Crippen molar-refractivity contribution in [1.29, 1.82) is 0 Å². The highest BCUT2D eigenvalue weighted by atomic mass is 16.5. The van der Waals surface area contributed by atoms with E-state index in [9.17, 15) is 5.11 Å². The van der Waals surface area contributed by atoms with E-state index in [1.54, 1.807) is 13.2 Å². The van der Waals surface area contributed by atoms with E-state index in [1.807, 2.05) is 12.1 Å². The molecular formula is C18H29NO2. The summed E-state index contributed by atoms with van der Waals surface area (Å²) in [5.41, 5.74) is 1.15. The molecule has 0 radical (unpaired) electrons. The van der Waals surface area contributed by atoms with Gasteiger partial charge >= 0.3 is 0 Å². The van der Waals surface area contributed by atoms with E-state index < -0.39 is 0 Å². The van der Waals surface area contributed by atoms with Crippen LogP contribution >= 0.6 is 0 Å². The summed E-state index contributed by atoms with van der Waals surface area (Å²) in [4.78, 5) is 0. The highest BCUT2D eigenvalue weighted by Crippen LogP contribution is 2.31. The van der Waals surface area contributed by atoms with Crippen molar-refractivity contribution >= 4 is 0 Å². The molecule has 0 heterocycles. The van der Waals surface area contributed by atoms with Crippen LogP contribution in [-0.4, -0.2) is 18.8 Å². The number of hydrogen-bond donors (Lipinski definition) is 2. The molecule has 3 heteroatoms. The highest BCUT2D eigenvalue weighted by Gasteiger charge is 2.18. The van der Waals surface area contributed by atoms with E-state index in [4.69, 9.17) is 4.74 Å². The van der Waals surface area contributed by atoms with Crippen LogP contribution in [0, 0.1) is 11.8 Å². The quantitative estimate of drug-likeness (QED) is 0.822. The van der Waals surface area contributed by atoms with Gasteiger partial charge in [-0.2, -0.15) is 0 Å². The van der Waals surface area contributed by atoms with Gasteiger partial charge in [0.1, 0.15) is 0 Å². The number of phenolic OH excluding ortho intramolecular Hbond substituents is 1. The molecule has 1 saturated carbocycles. The predicted octanol–water partition coefficient (Wildman–Crippen LogP) is 4.27. The summed E-state index contributed by atoms with van der Waals surface area (Å²) in [7, 11) is 1.58. The Kier molecular flexibility index (Phi) is 5.92. The van der Waals surface area contributed by atoms with E-state index in [0.717, 1.165) is 23.9 Å². The number of nitrogens with one attached hydrogen (secondary N) is 1. The minimum atomic E-state index is 0.199. The van der Waals surface area contributed by atoms with Crippen LogP contribution in [-0.2, 0) is 0 Å². The molecule has 0 amide bonds. The van der Waals surface area contributed by atoms with Gasteiger partial charge < -0.3 is 15.2 Å². The lowest BCUT2D eigenvalue weighted by Crippen LogP contribution is -2.23. The molecule has 2 N–H and O–H groups in total. The van der Waals surface area contributed by atoms with Crippen LogP contribution in [0.1, 0.15) is 57.6 Å². The topological polar surface area (TPSA) is 41.5 Å². The SMILES string of the molecule is COc1cc(C(C)NCCC2CCC(C)CC2)ccc1O. The third kappa shape index (κ3) is 4.63. The van der Waals surface area contributed by atoms with Crippen LogP contribution in [0.25, 0.3) is 0 Å². The third-order valence-corrected chi connectivity index (χ3v) is 4.84. The smallest absolute Gasteiger partial charge is 0.160 e. The molecule has 1 aromatic carbocycles. The highest BCUT2D eigenvalue weighted by molar-refractivity contribution is 5.42. The first-order valence-corrected chi connectivity index (χ1v) is 8.20. The minimum Gasteiger partial charge on any atom is -0.504 e. The van der Waals surface area contributed by atoms with Crippen LogP contribution in [0.15, 0.2) is 18.2 Å². The number of rotatable bonds is 6. The van der Waals surface area contributed by atoms with Gasteiger partial charge in [0.25, 0.3) is 0 Å². The Labute approximate surface area is 128 Å². The monoisotopic (exact) mass is 291 g/mol. The van der Waals surface area contributed by atoms with Crippen molar-refractivity contribution in [3.8, 4) is 11.5 Å². The third-order valence-electron chi connectivity index (χ3n) is 4.84. The summed E-state index contributed by atoms with van der Waals surface area (Å²) in [6.45, 7) is 5.59. The molecule has 1 aromatic rings. The van der Waals surface area contributed by atoms with Crippen molar-refractivity contribution in [2.45, 2.75) is 52.0 Å². The predicted molar refractivity (Wildman–Crippen MR) is 86.8 cm³/mol. The maximum absolute atomic E-state index is 9.64. The van der Waals surface area contributed by atoms with Crippen LogP contribution in [0.3, 0.4) is 0 Å². The molecular weight excluding hydrogens is 262 g/mol. The molecule has 0 saturated heterocycles. The fourth-order valence-corrected chi connectivity index (χ4v) is 3.20. The molecule has 3 nitrogen and oxygen atoms in total. The molecule has 2 rings (SSSR count). The van der Waals surface area contributed by atoms with Crippen molar-refractivity contribution in [1.82, 2.24) is 5.32 Å². The lowest BCUT2D eigenvalue weighted by atomic mass is 9.81. The minimum absolute atomic E-state index is 0.199. The Morgan fingerprint density at radius 2 is 2.00 bits per heavy atom. The molecule has 0 spiro atoms. The van der Waals surface area contributed by atoms with Gasteiger partial charge in [-0.3, -0.25) is 0 Å². The lowest BCUT2D eigenvalue weighted by molar-refractivity contribution is 0.273. The van der Waals surface area contributed by atoms with E-state index in [0.29, 0.717) is 5.75 Å². The summed E-state index contributed by atoms with van der Waals surface area (Å²) in [5, 5.41) is 13.2. The van der Waals surface area contributed by atoms with Gasteiger partial charge in [0.15, 0.2) is 11.5 Å². The van der Waals surface area contributed by atoms with Gasteiger partial charge in [0, 0.05) is 6.04 Å². The first kappa shape index (κ1) is 16.2. The zero-order valence-electron chi connectivity index (χ0n) is 13.6. The summed E-state index contributed by atoms with van der Waals surface area (Å²) < 4.78 is 5.17. The Bertz CT molecular complexity index is 439. The van der Waals surface area contributed by atoms with Gasteiger partial charge in [-0.25, -0.2) is 0 Å². The molecule has 1 atom stereocenters. The van der Waals surface area contributed by atoms with E-state index in [1.165, 1.54) is 32.1 Å². The molecule has 1 aliphatic carbocycles. The van der Waals surface area contributed by atoms with Crippen molar-refractivity contribution in [3.05, 3.63) is 23.8 Å². The van der Waals surface area contributed by atoms with Gasteiger partial charge in [-0.1, -0.05) is 38.7 Å². The fourth-order valence-electron chi connectivity index (χ4n) is 3.20. The summed E-state index contributed by atoms with van der Waals surface area (Å²) >= 11 is 0. The maximum atomic E-state index is 9.64. The van der Waals surface area contributed by atoms with Crippen LogP contribution < -0.4 is 10.1 Å². The second-order valence-electron chi connectivity index (χ2n) is 6.52. The first-order chi connectivity index (χ1) is 10.1. The number of benzene rings is 1. The normalized spacial score (nSPS) is 23.8. The van der Waals surface area contributed by atoms with Gasteiger partial charge in [-0.05, 0) is 49.4 Å². The average Bonchev–Trinajstić information content (AvgIpc) is 2.49. The lowest BCUT2D eigenvalue weighted by Gasteiger charge is -2.26. The maximum Gasteiger partial charge on any atom is 0.160 e. The fraction of sp³-hybridized carbons (Fsp3) is 0.667. The largest absolute Gasteiger partial charge is 0.504 e. The molecule has 0 bridgehead atoms. The van der Waals surface area contributed by atoms with Crippen LogP contribution in [0.4, 0.5) is 0 Å². The zero-order valence-corrected chi connectivity index (χ0v) is 13.6.